The summed E-state index contributed by atoms with van der Waals surface area (Å²) in [6.07, 6.45) is 4.17. The van der Waals surface area contributed by atoms with Gasteiger partial charge in [0.05, 0.1) is 27.5 Å². The Morgan fingerprint density at radius 2 is 1.90 bits per heavy atom. The molecule has 0 aliphatic heterocycles. The van der Waals surface area contributed by atoms with E-state index in [0.717, 1.165) is 0 Å². The monoisotopic (exact) mass is 326 g/mol. The molecule has 0 fully saturated rings. The number of carbonyl (C=O) groups excluding carboxylic acids is 1. The van der Waals surface area contributed by atoms with E-state index in [-0.39, 0.29) is 27.1 Å². The van der Waals surface area contributed by atoms with Crippen molar-refractivity contribution in [1.29, 1.82) is 0 Å². The third-order valence-corrected chi connectivity index (χ3v) is 3.17. The topological polar surface area (TPSA) is 104 Å². The Hall–Kier alpha value is -2.38. The largest absolute Gasteiger partial charge is 0.478 e. The number of benzene rings is 1. The maximum atomic E-state index is 11.8. The number of aromatic nitrogens is 2. The highest BCUT2D eigenvalue weighted by Gasteiger charge is 2.18. The summed E-state index contributed by atoms with van der Waals surface area (Å²) in [6.45, 7) is 0. The van der Waals surface area contributed by atoms with Crippen LogP contribution >= 0.6 is 23.2 Å². The van der Waals surface area contributed by atoms with Crippen molar-refractivity contribution in [3.63, 3.8) is 0 Å². The molecular weight excluding hydrogens is 319 g/mol. The van der Waals surface area contributed by atoms with Gasteiger partial charge in [-0.25, -0.2) is 14.6 Å². The molecule has 1 aromatic heterocycles. The molecule has 2 rings (SSSR count). The van der Waals surface area contributed by atoms with Gasteiger partial charge in [0, 0.05) is 12.4 Å². The van der Waals surface area contributed by atoms with Gasteiger partial charge in [0.2, 0.25) is 0 Å². The molecule has 21 heavy (non-hydrogen) atoms. The second-order valence-electron chi connectivity index (χ2n) is 3.76. The van der Waals surface area contributed by atoms with Gasteiger partial charge in [0.1, 0.15) is 0 Å². The lowest BCUT2D eigenvalue weighted by Crippen LogP contribution is -2.22. The van der Waals surface area contributed by atoms with E-state index in [4.69, 9.17) is 28.3 Å². The van der Waals surface area contributed by atoms with Crippen LogP contribution in [0, 0.1) is 0 Å². The second kappa shape index (κ2) is 6.38. The number of anilines is 2. The van der Waals surface area contributed by atoms with E-state index < -0.39 is 12.0 Å². The highest BCUT2D eigenvalue weighted by atomic mass is 35.5. The van der Waals surface area contributed by atoms with E-state index in [1.807, 2.05) is 0 Å². The highest BCUT2D eigenvalue weighted by molar-refractivity contribution is 6.44. The van der Waals surface area contributed by atoms with Crippen molar-refractivity contribution < 1.29 is 14.7 Å². The number of nitrogens with one attached hydrogen (secondary N) is 2. The Morgan fingerprint density at radius 3 is 2.52 bits per heavy atom. The molecule has 1 heterocycles. The number of amides is 2. The van der Waals surface area contributed by atoms with E-state index in [1.54, 1.807) is 0 Å². The molecule has 108 valence electrons. The van der Waals surface area contributed by atoms with Crippen LogP contribution in [0.15, 0.2) is 30.7 Å². The number of hydrogen-bond donors (Lipinski definition) is 3. The predicted octanol–water partition coefficient (Wildman–Crippen LogP) is 3.13. The Balaban J connectivity index is 2.24. The van der Waals surface area contributed by atoms with E-state index in [0.29, 0.717) is 0 Å². The Labute approximate surface area is 128 Å². The predicted molar refractivity (Wildman–Crippen MR) is 78.1 cm³/mol. The summed E-state index contributed by atoms with van der Waals surface area (Å²) in [5, 5.41) is 13.9. The van der Waals surface area contributed by atoms with E-state index in [2.05, 4.69) is 20.6 Å². The maximum absolute atomic E-state index is 11.8. The molecule has 0 saturated heterocycles. The van der Waals surface area contributed by atoms with Crippen molar-refractivity contribution in [3.05, 3.63) is 46.3 Å². The number of nitrogens with zero attached hydrogens (tertiary/aromatic N) is 2. The Kier molecular flexibility index (Phi) is 4.56. The van der Waals surface area contributed by atoms with E-state index in [9.17, 15) is 9.59 Å². The molecule has 0 atom stereocenters. The fraction of sp³-hybridized carbons (Fsp3) is 0. The van der Waals surface area contributed by atoms with Gasteiger partial charge in [-0.1, -0.05) is 23.2 Å². The zero-order chi connectivity index (χ0) is 15.4. The number of rotatable bonds is 3. The van der Waals surface area contributed by atoms with E-state index in [1.165, 1.54) is 30.7 Å². The summed E-state index contributed by atoms with van der Waals surface area (Å²) in [5.41, 5.74) is -0.281. The van der Waals surface area contributed by atoms with Crippen LogP contribution in [0.2, 0.25) is 10.0 Å². The summed E-state index contributed by atoms with van der Waals surface area (Å²) in [7, 11) is 0. The van der Waals surface area contributed by atoms with Crippen LogP contribution in [-0.4, -0.2) is 27.1 Å². The first-order chi connectivity index (χ1) is 9.99. The first kappa shape index (κ1) is 15.0. The lowest BCUT2D eigenvalue weighted by molar-refractivity contribution is 0.0698. The third kappa shape index (κ3) is 3.59. The fourth-order valence-electron chi connectivity index (χ4n) is 1.48. The molecule has 2 aromatic rings. The van der Waals surface area contributed by atoms with Crippen LogP contribution in [0.25, 0.3) is 0 Å². The second-order valence-corrected chi connectivity index (χ2v) is 4.54. The van der Waals surface area contributed by atoms with Gasteiger partial charge in [0.15, 0.2) is 5.82 Å². The number of aromatic carboxylic acids is 1. The Morgan fingerprint density at radius 1 is 1.14 bits per heavy atom. The van der Waals surface area contributed by atoms with Gasteiger partial charge in [-0.05, 0) is 12.1 Å². The van der Waals surface area contributed by atoms with Crippen LogP contribution in [-0.2, 0) is 0 Å². The molecule has 0 aliphatic carbocycles. The van der Waals surface area contributed by atoms with Crippen molar-refractivity contribution in [2.45, 2.75) is 0 Å². The van der Waals surface area contributed by atoms with Gasteiger partial charge < -0.3 is 10.4 Å². The quantitative estimate of drug-likeness (QED) is 0.803. The van der Waals surface area contributed by atoms with Crippen molar-refractivity contribution in [2.24, 2.45) is 0 Å². The van der Waals surface area contributed by atoms with Crippen molar-refractivity contribution >= 4 is 46.7 Å². The summed E-state index contributed by atoms with van der Waals surface area (Å²) >= 11 is 11.7. The first-order valence-corrected chi connectivity index (χ1v) is 6.30. The number of carboxylic acid groups (broad SMARTS) is 1. The minimum atomic E-state index is -1.25. The zero-order valence-electron chi connectivity index (χ0n) is 10.3. The lowest BCUT2D eigenvalue weighted by Gasteiger charge is -2.12. The van der Waals surface area contributed by atoms with Crippen molar-refractivity contribution in [1.82, 2.24) is 9.97 Å². The molecule has 9 heteroatoms. The Bertz CT molecular complexity index is 694. The number of hydrogen-bond acceptors (Lipinski definition) is 4. The van der Waals surface area contributed by atoms with E-state index >= 15 is 0 Å². The summed E-state index contributed by atoms with van der Waals surface area (Å²) < 4.78 is 0. The highest BCUT2D eigenvalue weighted by Crippen LogP contribution is 2.33. The average Bonchev–Trinajstić information content (AvgIpc) is 2.44. The molecule has 7 nitrogen and oxygen atoms in total. The molecule has 0 unspecified atom stereocenters. The number of carboxylic acids is 1. The molecule has 0 radical (unpaired) electrons. The smallest absolute Gasteiger partial charge is 0.337 e. The molecule has 1 aromatic carbocycles. The third-order valence-electron chi connectivity index (χ3n) is 2.37. The lowest BCUT2D eigenvalue weighted by atomic mass is 10.2. The minimum Gasteiger partial charge on any atom is -0.478 e. The standard InChI is InChI=1S/C12H8Cl2N4O3/c13-7-2-1-6(11(19)20)10(9(7)14)18-12(21)17-8-5-15-3-4-16-8/h1-5H,(H,19,20)(H2,16,17,18,21). The summed E-state index contributed by atoms with van der Waals surface area (Å²) in [5.74, 6) is -1.05. The summed E-state index contributed by atoms with van der Waals surface area (Å²) in [4.78, 5) is 30.6. The average molecular weight is 327 g/mol. The molecule has 0 bridgehead atoms. The van der Waals surface area contributed by atoms with Crippen LogP contribution in [0.4, 0.5) is 16.3 Å². The molecule has 0 aliphatic rings. The van der Waals surface area contributed by atoms with Crippen molar-refractivity contribution in [2.75, 3.05) is 10.6 Å². The van der Waals surface area contributed by atoms with Gasteiger partial charge in [-0.15, -0.1) is 0 Å². The number of urea groups is 1. The van der Waals surface area contributed by atoms with Crippen LogP contribution < -0.4 is 10.6 Å². The summed E-state index contributed by atoms with van der Waals surface area (Å²) in [6, 6.07) is 1.86. The maximum Gasteiger partial charge on any atom is 0.337 e. The van der Waals surface area contributed by atoms with Crippen molar-refractivity contribution in [3.8, 4) is 0 Å². The van der Waals surface area contributed by atoms with Gasteiger partial charge in [-0.3, -0.25) is 10.3 Å². The van der Waals surface area contributed by atoms with Gasteiger partial charge >= 0.3 is 12.0 Å². The van der Waals surface area contributed by atoms with Crippen LogP contribution in [0.5, 0.6) is 0 Å². The normalized spacial score (nSPS) is 10.0. The minimum absolute atomic E-state index is 0.0640. The molecular formula is C12H8Cl2N4O3. The zero-order valence-corrected chi connectivity index (χ0v) is 11.8. The fourth-order valence-corrected chi connectivity index (χ4v) is 1.85. The molecule has 0 saturated carbocycles. The van der Waals surface area contributed by atoms with Crippen LogP contribution in [0.3, 0.4) is 0 Å². The first-order valence-electron chi connectivity index (χ1n) is 5.54. The van der Waals surface area contributed by atoms with Gasteiger partial charge in [0.25, 0.3) is 0 Å². The molecule has 3 N–H and O–H groups in total. The number of carbonyl (C=O) groups is 2. The SMILES string of the molecule is O=C(Nc1cnccn1)Nc1c(C(=O)O)ccc(Cl)c1Cl. The molecule has 2 amide bonds. The molecule has 0 spiro atoms. The number of halogens is 2. The van der Waals surface area contributed by atoms with Crippen LogP contribution in [0.1, 0.15) is 10.4 Å². The van der Waals surface area contributed by atoms with Gasteiger partial charge in [-0.2, -0.15) is 0 Å².